The summed E-state index contributed by atoms with van der Waals surface area (Å²) >= 11 is 0. The normalized spacial score (nSPS) is 27.9. The second-order valence-electron chi connectivity index (χ2n) is 10.5. The summed E-state index contributed by atoms with van der Waals surface area (Å²) in [6.07, 6.45) is 2.87. The molecule has 2 aromatic rings. The monoisotopic (exact) mass is 436 g/mol. The Morgan fingerprint density at radius 2 is 1.84 bits per heavy atom. The van der Waals surface area contributed by atoms with Crippen LogP contribution in [-0.4, -0.2) is 46.7 Å². The second-order valence-corrected chi connectivity index (χ2v) is 10.5. The Labute approximate surface area is 190 Å². The maximum absolute atomic E-state index is 14.4. The molecule has 5 heteroatoms. The first-order chi connectivity index (χ1) is 15.3. The molecule has 0 radical (unpaired) electrons. The smallest absolute Gasteiger partial charge is 0.408 e. The second kappa shape index (κ2) is 7.87. The Hall–Kier alpha value is -2.40. The van der Waals surface area contributed by atoms with Crippen LogP contribution in [0, 0.1) is 17.2 Å². The zero-order valence-corrected chi connectivity index (χ0v) is 19.3. The number of benzene rings is 2. The molecule has 4 nitrogen and oxygen atoms in total. The van der Waals surface area contributed by atoms with Gasteiger partial charge in [0.2, 0.25) is 0 Å². The number of piperidine rings is 3. The van der Waals surface area contributed by atoms with E-state index in [2.05, 4.69) is 30.9 Å². The van der Waals surface area contributed by atoms with Crippen molar-refractivity contribution in [2.24, 2.45) is 11.3 Å². The minimum atomic E-state index is -0.809. The van der Waals surface area contributed by atoms with E-state index in [1.54, 1.807) is 11.0 Å². The molecule has 2 aromatic carbocycles. The van der Waals surface area contributed by atoms with E-state index in [0.717, 1.165) is 61.2 Å². The van der Waals surface area contributed by atoms with E-state index in [0.29, 0.717) is 12.3 Å². The molecular weight excluding hydrogens is 403 g/mol. The summed E-state index contributed by atoms with van der Waals surface area (Å²) in [5.41, 5.74) is 4.70. The van der Waals surface area contributed by atoms with Crippen LogP contribution in [0.1, 0.15) is 56.3 Å². The van der Waals surface area contributed by atoms with Crippen molar-refractivity contribution in [1.82, 2.24) is 9.80 Å². The third-order valence-corrected chi connectivity index (χ3v) is 8.07. The van der Waals surface area contributed by atoms with Gasteiger partial charge in [0.15, 0.2) is 0 Å². The van der Waals surface area contributed by atoms with Gasteiger partial charge in [-0.2, -0.15) is 0 Å². The van der Waals surface area contributed by atoms with Crippen molar-refractivity contribution in [2.45, 2.75) is 58.5 Å². The summed E-state index contributed by atoms with van der Waals surface area (Å²) in [6.45, 7) is 9.36. The van der Waals surface area contributed by atoms with Gasteiger partial charge in [-0.15, -0.1) is 0 Å². The maximum Gasteiger partial charge on any atom is 0.408 e. The predicted molar refractivity (Wildman–Crippen MR) is 124 cm³/mol. The Bertz CT molecular complexity index is 1040. The molecule has 0 spiro atoms. The molecular formula is C27H33FN2O2. The van der Waals surface area contributed by atoms with Crippen LogP contribution in [0.15, 0.2) is 36.4 Å². The van der Waals surface area contributed by atoms with E-state index in [1.165, 1.54) is 5.56 Å². The number of hydrogen-bond acceptors (Lipinski definition) is 2. The fraction of sp³-hybridized carbons (Fsp3) is 0.519. The Balaban J connectivity index is 1.51. The van der Waals surface area contributed by atoms with Gasteiger partial charge in [0.25, 0.3) is 0 Å². The Morgan fingerprint density at radius 1 is 1.16 bits per heavy atom. The maximum atomic E-state index is 14.4. The molecule has 1 aliphatic carbocycles. The number of nitrogens with zero attached hydrogens (tertiary/aromatic N) is 2. The molecule has 3 aliphatic heterocycles. The summed E-state index contributed by atoms with van der Waals surface area (Å²) in [6, 6.07) is 11.6. The highest BCUT2D eigenvalue weighted by atomic mass is 19.1. The summed E-state index contributed by atoms with van der Waals surface area (Å²) in [7, 11) is 0. The molecule has 0 saturated carbocycles. The number of carbonyl (C=O) groups is 1. The van der Waals surface area contributed by atoms with Gasteiger partial charge in [0, 0.05) is 6.54 Å². The molecule has 3 heterocycles. The SMILES string of the molecule is CCc1ccc(-c2ccc3c(c2)CC(C)(C)[C@H]3N(C(=O)O)[C@@H]2CN3CCC2CC3)cc1F. The number of amides is 1. The lowest BCUT2D eigenvalue weighted by Crippen LogP contribution is -2.60. The Morgan fingerprint density at radius 3 is 2.44 bits per heavy atom. The number of carboxylic acid groups (broad SMARTS) is 1. The molecule has 0 aromatic heterocycles. The minimum absolute atomic E-state index is 0.0561. The number of hydrogen-bond donors (Lipinski definition) is 1. The highest BCUT2D eigenvalue weighted by Gasteiger charge is 2.50. The van der Waals surface area contributed by atoms with Gasteiger partial charge < -0.3 is 10.0 Å². The highest BCUT2D eigenvalue weighted by molar-refractivity contribution is 5.69. The van der Waals surface area contributed by atoms with Gasteiger partial charge in [-0.05, 0) is 84.0 Å². The van der Waals surface area contributed by atoms with Crippen LogP contribution in [0.4, 0.5) is 9.18 Å². The Kier molecular flexibility index (Phi) is 5.28. The van der Waals surface area contributed by atoms with Gasteiger partial charge in [-0.3, -0.25) is 4.90 Å². The molecule has 2 atom stereocenters. The van der Waals surface area contributed by atoms with Gasteiger partial charge in [-0.25, -0.2) is 9.18 Å². The number of aryl methyl sites for hydroxylation is 1. The van der Waals surface area contributed by atoms with Crippen molar-refractivity contribution in [3.63, 3.8) is 0 Å². The van der Waals surface area contributed by atoms with Gasteiger partial charge in [-0.1, -0.05) is 51.1 Å². The molecule has 2 bridgehead atoms. The van der Waals surface area contributed by atoms with Crippen molar-refractivity contribution in [3.05, 3.63) is 58.9 Å². The molecule has 6 rings (SSSR count). The first-order valence-corrected chi connectivity index (χ1v) is 11.9. The van der Waals surface area contributed by atoms with E-state index in [4.69, 9.17) is 0 Å². The van der Waals surface area contributed by atoms with E-state index in [-0.39, 0.29) is 23.3 Å². The topological polar surface area (TPSA) is 43.8 Å². The van der Waals surface area contributed by atoms with E-state index in [9.17, 15) is 14.3 Å². The average molecular weight is 437 g/mol. The molecule has 3 fully saturated rings. The predicted octanol–water partition coefficient (Wildman–Crippen LogP) is 5.75. The summed E-state index contributed by atoms with van der Waals surface area (Å²) in [5, 5.41) is 10.4. The number of rotatable bonds is 4. The van der Waals surface area contributed by atoms with Gasteiger partial charge >= 0.3 is 6.09 Å². The standard InChI is InChI=1S/C27H33FN2O2/c1-4-17-5-6-20(14-23(17)28)19-7-8-22-21(13-19)15-27(2,3)25(22)30(26(31)32)24-16-29-11-9-18(24)10-12-29/h5-8,13-14,18,24-25H,4,9-12,15-16H2,1-3H3,(H,31,32)/t24-,25+/m1/s1. The third-order valence-electron chi connectivity index (χ3n) is 8.07. The van der Waals surface area contributed by atoms with Crippen LogP contribution in [0.25, 0.3) is 11.1 Å². The molecule has 0 unspecified atom stereocenters. The minimum Gasteiger partial charge on any atom is -0.465 e. The van der Waals surface area contributed by atoms with Crippen LogP contribution in [-0.2, 0) is 12.8 Å². The molecule has 1 N–H and O–H groups in total. The van der Waals surface area contributed by atoms with Gasteiger partial charge in [0.1, 0.15) is 5.82 Å². The average Bonchev–Trinajstić information content (AvgIpc) is 3.04. The van der Waals surface area contributed by atoms with Crippen LogP contribution in [0.3, 0.4) is 0 Å². The van der Waals surface area contributed by atoms with Crippen LogP contribution >= 0.6 is 0 Å². The first-order valence-electron chi connectivity index (χ1n) is 11.9. The number of halogens is 1. The zero-order chi connectivity index (χ0) is 22.6. The number of fused-ring (bicyclic) bond motifs is 4. The molecule has 32 heavy (non-hydrogen) atoms. The summed E-state index contributed by atoms with van der Waals surface area (Å²) in [4.78, 5) is 16.8. The van der Waals surface area contributed by atoms with Crippen molar-refractivity contribution in [1.29, 1.82) is 0 Å². The fourth-order valence-corrected chi connectivity index (χ4v) is 6.45. The van der Waals surface area contributed by atoms with Crippen molar-refractivity contribution < 1.29 is 14.3 Å². The van der Waals surface area contributed by atoms with Crippen LogP contribution in [0.5, 0.6) is 0 Å². The lowest BCUT2D eigenvalue weighted by molar-refractivity contribution is -0.0267. The lowest BCUT2D eigenvalue weighted by atomic mass is 9.79. The third kappa shape index (κ3) is 3.51. The van der Waals surface area contributed by atoms with Gasteiger partial charge in [0.05, 0.1) is 12.1 Å². The zero-order valence-electron chi connectivity index (χ0n) is 19.3. The molecule has 170 valence electrons. The van der Waals surface area contributed by atoms with E-state index >= 15 is 0 Å². The highest BCUT2D eigenvalue weighted by Crippen LogP contribution is 2.51. The van der Waals surface area contributed by atoms with Crippen LogP contribution < -0.4 is 0 Å². The fourth-order valence-electron chi connectivity index (χ4n) is 6.45. The largest absolute Gasteiger partial charge is 0.465 e. The molecule has 1 amide bonds. The van der Waals surface area contributed by atoms with E-state index in [1.807, 2.05) is 25.1 Å². The molecule has 3 saturated heterocycles. The van der Waals surface area contributed by atoms with Crippen molar-refractivity contribution in [3.8, 4) is 11.1 Å². The molecule has 4 aliphatic rings. The first kappa shape index (κ1) is 21.4. The van der Waals surface area contributed by atoms with Crippen molar-refractivity contribution in [2.75, 3.05) is 19.6 Å². The van der Waals surface area contributed by atoms with Crippen molar-refractivity contribution >= 4 is 6.09 Å². The quantitative estimate of drug-likeness (QED) is 0.663. The summed E-state index contributed by atoms with van der Waals surface area (Å²) in [5.74, 6) is 0.290. The van der Waals surface area contributed by atoms with Crippen LogP contribution in [0.2, 0.25) is 0 Å². The van der Waals surface area contributed by atoms with E-state index < -0.39 is 6.09 Å². The lowest BCUT2D eigenvalue weighted by Gasteiger charge is -2.51. The summed E-state index contributed by atoms with van der Waals surface area (Å²) < 4.78 is 14.4.